The fourth-order valence-corrected chi connectivity index (χ4v) is 6.47. The second-order valence-electron chi connectivity index (χ2n) is 10.4. The fraction of sp³-hybridized carbons (Fsp3) is 0.379. The summed E-state index contributed by atoms with van der Waals surface area (Å²) in [6.07, 6.45) is 0.752. The van der Waals surface area contributed by atoms with Gasteiger partial charge in [-0.05, 0) is 52.6 Å². The van der Waals surface area contributed by atoms with Crippen LogP contribution in [0.1, 0.15) is 28.4 Å². The third-order valence-corrected chi connectivity index (χ3v) is 8.60. The van der Waals surface area contributed by atoms with Crippen molar-refractivity contribution < 1.29 is 13.9 Å². The summed E-state index contributed by atoms with van der Waals surface area (Å²) in [5.41, 5.74) is 12.0. The van der Waals surface area contributed by atoms with E-state index in [0.29, 0.717) is 35.1 Å². The number of pyridine rings is 1. The molecule has 1 amide bonds. The van der Waals surface area contributed by atoms with E-state index < -0.39 is 5.95 Å². The summed E-state index contributed by atoms with van der Waals surface area (Å²) in [5, 5.41) is 2.86. The van der Waals surface area contributed by atoms with Crippen molar-refractivity contribution in [3.05, 3.63) is 71.2 Å². The molecule has 0 spiro atoms. The summed E-state index contributed by atoms with van der Waals surface area (Å²) < 4.78 is 20.3. The smallest absolute Gasteiger partial charge is 0.251 e. The number of fused-ring (bicyclic) bond motifs is 2. The number of likely N-dealkylation sites (tertiary alicyclic amines) is 1. The summed E-state index contributed by atoms with van der Waals surface area (Å²) in [5.74, 6) is 0.805. The van der Waals surface area contributed by atoms with E-state index in [1.54, 1.807) is 19.2 Å². The molecule has 6 rings (SSSR count). The van der Waals surface area contributed by atoms with Crippen LogP contribution in [0, 0.1) is 17.8 Å². The van der Waals surface area contributed by atoms with Crippen LogP contribution in [0.15, 0.2) is 48.5 Å². The molecule has 2 aliphatic heterocycles. The van der Waals surface area contributed by atoms with E-state index in [0.717, 1.165) is 49.4 Å². The number of nitrogens with two attached hydrogens (primary N) is 1. The molecular weight excluding hydrogens is 455 g/mol. The van der Waals surface area contributed by atoms with Gasteiger partial charge in [-0.2, -0.15) is 4.39 Å². The Morgan fingerprint density at radius 3 is 2.69 bits per heavy atom. The third kappa shape index (κ3) is 3.61. The van der Waals surface area contributed by atoms with Crippen LogP contribution < -0.4 is 11.1 Å². The molecule has 1 aromatic heterocycles. The highest BCUT2D eigenvalue weighted by Crippen LogP contribution is 2.63. The number of benzene rings is 2. The van der Waals surface area contributed by atoms with Gasteiger partial charge in [-0.1, -0.05) is 43.3 Å². The molecule has 3 atom stereocenters. The van der Waals surface area contributed by atoms with E-state index in [1.807, 2.05) is 24.3 Å². The molecule has 1 saturated heterocycles. The zero-order chi connectivity index (χ0) is 25.0. The van der Waals surface area contributed by atoms with E-state index in [1.165, 1.54) is 5.56 Å². The predicted octanol–water partition coefficient (Wildman–Crippen LogP) is 3.89. The summed E-state index contributed by atoms with van der Waals surface area (Å²) in [7, 11) is 1.74. The van der Waals surface area contributed by atoms with Gasteiger partial charge in [0.05, 0.1) is 6.61 Å². The molecule has 1 saturated carbocycles. The molecule has 2 fully saturated rings. The SMILES string of the molecule is COCCN1C[C@@H]2[C@H](C)[C@]2(c2ccc(-c3cc(-c4ccc5c(c4)CCNC5=O)c(N)nc3F)cc2)C1. The zero-order valence-electron chi connectivity index (χ0n) is 20.7. The molecule has 36 heavy (non-hydrogen) atoms. The molecule has 6 nitrogen and oxygen atoms in total. The van der Waals surface area contributed by atoms with E-state index >= 15 is 4.39 Å². The minimum Gasteiger partial charge on any atom is -0.383 e. The van der Waals surface area contributed by atoms with E-state index in [9.17, 15) is 4.79 Å². The van der Waals surface area contributed by atoms with Gasteiger partial charge in [-0.15, -0.1) is 0 Å². The molecule has 0 radical (unpaired) electrons. The summed E-state index contributed by atoms with van der Waals surface area (Å²) >= 11 is 0. The van der Waals surface area contributed by atoms with Crippen molar-refractivity contribution in [2.75, 3.05) is 45.6 Å². The number of methoxy groups -OCH3 is 1. The quantitative estimate of drug-likeness (QED) is 0.517. The van der Waals surface area contributed by atoms with Crippen molar-refractivity contribution in [3.8, 4) is 22.3 Å². The highest BCUT2D eigenvalue weighted by molar-refractivity contribution is 5.97. The molecule has 0 unspecified atom stereocenters. The van der Waals surface area contributed by atoms with Crippen molar-refractivity contribution in [1.82, 2.24) is 15.2 Å². The normalized spacial score (nSPS) is 24.8. The Balaban J connectivity index is 1.30. The van der Waals surface area contributed by atoms with Gasteiger partial charge in [0.2, 0.25) is 5.95 Å². The minimum atomic E-state index is -0.580. The number of anilines is 1. The maximum Gasteiger partial charge on any atom is 0.251 e. The molecule has 186 valence electrons. The number of nitrogens with one attached hydrogen (secondary N) is 1. The van der Waals surface area contributed by atoms with Crippen LogP contribution in [-0.2, 0) is 16.6 Å². The van der Waals surface area contributed by atoms with Gasteiger partial charge >= 0.3 is 0 Å². The van der Waals surface area contributed by atoms with Crippen LogP contribution in [0.2, 0.25) is 0 Å². The Hall–Kier alpha value is -3.29. The van der Waals surface area contributed by atoms with E-state index in [4.69, 9.17) is 10.5 Å². The van der Waals surface area contributed by atoms with Gasteiger partial charge in [0, 0.05) is 55.4 Å². The van der Waals surface area contributed by atoms with Crippen molar-refractivity contribution in [2.24, 2.45) is 11.8 Å². The Morgan fingerprint density at radius 2 is 1.92 bits per heavy atom. The first-order valence-electron chi connectivity index (χ1n) is 12.6. The predicted molar refractivity (Wildman–Crippen MR) is 138 cm³/mol. The van der Waals surface area contributed by atoms with Gasteiger partial charge in [0.1, 0.15) is 5.82 Å². The van der Waals surface area contributed by atoms with Crippen molar-refractivity contribution in [1.29, 1.82) is 0 Å². The first kappa shape index (κ1) is 23.1. The average molecular weight is 487 g/mol. The number of halogens is 1. The van der Waals surface area contributed by atoms with Crippen molar-refractivity contribution in [3.63, 3.8) is 0 Å². The van der Waals surface area contributed by atoms with E-state index in [-0.39, 0.29) is 17.1 Å². The first-order chi connectivity index (χ1) is 17.4. The second kappa shape index (κ2) is 8.68. The summed E-state index contributed by atoms with van der Waals surface area (Å²) in [4.78, 5) is 18.6. The van der Waals surface area contributed by atoms with Gasteiger partial charge in [0.15, 0.2) is 0 Å². The largest absolute Gasteiger partial charge is 0.383 e. The number of carbonyl (C=O) groups excluding carboxylic acids is 1. The number of rotatable bonds is 6. The number of hydrogen-bond donors (Lipinski definition) is 2. The topological polar surface area (TPSA) is 80.5 Å². The van der Waals surface area contributed by atoms with Crippen LogP contribution in [0.25, 0.3) is 22.3 Å². The summed E-state index contributed by atoms with van der Waals surface area (Å²) in [6, 6.07) is 15.7. The molecule has 0 bridgehead atoms. The lowest BCUT2D eigenvalue weighted by Crippen LogP contribution is -2.31. The third-order valence-electron chi connectivity index (χ3n) is 8.60. The number of nitrogen functional groups attached to an aromatic ring is 1. The maximum absolute atomic E-state index is 15.0. The number of aromatic nitrogens is 1. The second-order valence-corrected chi connectivity index (χ2v) is 10.4. The highest BCUT2D eigenvalue weighted by Gasteiger charge is 2.66. The lowest BCUT2D eigenvalue weighted by molar-refractivity contribution is 0.0946. The highest BCUT2D eigenvalue weighted by atomic mass is 19.1. The Morgan fingerprint density at radius 1 is 1.14 bits per heavy atom. The molecule has 3 heterocycles. The molecule has 3 aliphatic rings. The maximum atomic E-state index is 15.0. The van der Waals surface area contributed by atoms with E-state index in [2.05, 4.69) is 34.3 Å². The molecule has 3 N–H and O–H groups in total. The van der Waals surface area contributed by atoms with Gasteiger partial charge in [0.25, 0.3) is 5.91 Å². The van der Waals surface area contributed by atoms with Crippen LogP contribution in [0.5, 0.6) is 0 Å². The monoisotopic (exact) mass is 486 g/mol. The Bertz CT molecular complexity index is 1340. The number of ether oxygens (including phenoxy) is 1. The Labute approximate surface area is 210 Å². The zero-order valence-corrected chi connectivity index (χ0v) is 20.7. The molecule has 1 aliphatic carbocycles. The number of hydrogen-bond acceptors (Lipinski definition) is 5. The Kier molecular flexibility index (Phi) is 5.57. The summed E-state index contributed by atoms with van der Waals surface area (Å²) in [6.45, 7) is 6.80. The molecule has 3 aromatic rings. The first-order valence-corrected chi connectivity index (χ1v) is 12.6. The van der Waals surface area contributed by atoms with Crippen LogP contribution in [-0.4, -0.2) is 55.7 Å². The van der Waals surface area contributed by atoms with Crippen LogP contribution in [0.3, 0.4) is 0 Å². The van der Waals surface area contributed by atoms with Gasteiger partial charge < -0.3 is 15.8 Å². The molecular formula is C29H31FN4O2. The average Bonchev–Trinajstić information content (AvgIpc) is 3.23. The number of carbonyl (C=O) groups is 1. The van der Waals surface area contributed by atoms with Gasteiger partial charge in [-0.25, -0.2) is 4.98 Å². The number of nitrogens with zero attached hydrogens (tertiary/aromatic N) is 2. The number of piperidine rings is 1. The fourth-order valence-electron chi connectivity index (χ4n) is 6.47. The van der Waals surface area contributed by atoms with Crippen LogP contribution in [0.4, 0.5) is 10.2 Å². The van der Waals surface area contributed by atoms with Crippen molar-refractivity contribution >= 4 is 11.7 Å². The van der Waals surface area contributed by atoms with Crippen molar-refractivity contribution in [2.45, 2.75) is 18.8 Å². The standard InChI is InChI=1S/C29H31FN4O2/c1-17-25-15-34(11-12-36-2)16-29(17,25)21-6-3-18(4-7-21)23-14-24(27(31)33-26(23)30)19-5-8-22-20(13-19)9-10-32-28(22)35/h3-8,13-14,17,25H,9-12,15-16H2,1-2H3,(H2,31,33)(H,32,35)/t17-,25+,29-/m0/s1. The molecule has 2 aromatic carbocycles. The molecule has 7 heteroatoms. The minimum absolute atomic E-state index is 0.0652. The lowest BCUT2D eigenvalue weighted by Gasteiger charge is -2.23. The van der Waals surface area contributed by atoms with Crippen LogP contribution >= 0.6 is 0 Å². The van der Waals surface area contributed by atoms with Gasteiger partial charge in [-0.3, -0.25) is 9.69 Å². The number of amides is 1. The lowest BCUT2D eigenvalue weighted by atomic mass is 9.90.